The zero-order valence-corrected chi connectivity index (χ0v) is 11.0. The minimum Gasteiger partial charge on any atom is -0.339 e. The Labute approximate surface area is 115 Å². The van der Waals surface area contributed by atoms with Crippen LogP contribution in [0.15, 0.2) is 24.8 Å². The summed E-state index contributed by atoms with van der Waals surface area (Å²) < 4.78 is 39.0. The number of amides is 1. The van der Waals surface area contributed by atoms with Crippen molar-refractivity contribution in [3.05, 3.63) is 41.5 Å². The highest BCUT2D eigenvalue weighted by Gasteiger charge is 2.36. The molecule has 2 rings (SSSR count). The molecule has 1 amide bonds. The molecular weight excluding hydrogens is 267 g/mol. The van der Waals surface area contributed by atoms with Crippen molar-refractivity contribution in [2.24, 2.45) is 0 Å². The SMILES string of the molecule is C=Cc1ccc(C(F)(F)F)c(C(=O)N2CCCCC2)c1. The van der Waals surface area contributed by atoms with Gasteiger partial charge in [-0.05, 0) is 37.0 Å². The molecule has 1 aromatic rings. The first-order valence-electron chi connectivity index (χ1n) is 6.56. The van der Waals surface area contributed by atoms with Crippen LogP contribution in [-0.4, -0.2) is 23.9 Å². The van der Waals surface area contributed by atoms with Crippen molar-refractivity contribution < 1.29 is 18.0 Å². The van der Waals surface area contributed by atoms with Crippen LogP contribution in [0.2, 0.25) is 0 Å². The second-order valence-electron chi connectivity index (χ2n) is 4.86. The van der Waals surface area contributed by atoms with E-state index in [0.29, 0.717) is 18.7 Å². The van der Waals surface area contributed by atoms with E-state index in [1.54, 1.807) is 0 Å². The average Bonchev–Trinajstić information content (AvgIpc) is 2.45. The van der Waals surface area contributed by atoms with E-state index in [1.807, 2.05) is 0 Å². The molecule has 0 aromatic heterocycles. The average molecular weight is 283 g/mol. The Morgan fingerprint density at radius 3 is 2.40 bits per heavy atom. The summed E-state index contributed by atoms with van der Waals surface area (Å²) in [5.74, 6) is -0.541. The number of rotatable bonds is 2. The molecule has 0 unspecified atom stereocenters. The molecule has 0 N–H and O–H groups in total. The lowest BCUT2D eigenvalue weighted by Crippen LogP contribution is -2.36. The molecule has 0 aliphatic carbocycles. The van der Waals surface area contributed by atoms with E-state index in [1.165, 1.54) is 23.1 Å². The van der Waals surface area contributed by atoms with Crippen LogP contribution in [0.25, 0.3) is 6.08 Å². The number of piperidine rings is 1. The van der Waals surface area contributed by atoms with Gasteiger partial charge in [-0.3, -0.25) is 4.79 Å². The van der Waals surface area contributed by atoms with Gasteiger partial charge in [0, 0.05) is 13.1 Å². The van der Waals surface area contributed by atoms with Crippen LogP contribution in [0.1, 0.15) is 40.7 Å². The summed E-state index contributed by atoms with van der Waals surface area (Å²) in [6.45, 7) is 4.57. The second-order valence-corrected chi connectivity index (χ2v) is 4.86. The first-order valence-corrected chi connectivity index (χ1v) is 6.56. The normalized spacial score (nSPS) is 16.1. The highest BCUT2D eigenvalue weighted by atomic mass is 19.4. The quantitative estimate of drug-likeness (QED) is 0.804. The summed E-state index contributed by atoms with van der Waals surface area (Å²) in [5.41, 5.74) is -0.645. The number of hydrogen-bond acceptors (Lipinski definition) is 1. The summed E-state index contributed by atoms with van der Waals surface area (Å²) in [7, 11) is 0. The molecular formula is C15H16F3NO. The van der Waals surface area contributed by atoms with E-state index in [0.717, 1.165) is 25.3 Å². The molecule has 1 heterocycles. The maximum Gasteiger partial charge on any atom is 0.417 e. The number of carbonyl (C=O) groups is 1. The predicted octanol–water partition coefficient (Wildman–Crippen LogP) is 3.97. The smallest absolute Gasteiger partial charge is 0.339 e. The number of nitrogens with zero attached hydrogens (tertiary/aromatic N) is 1. The Hall–Kier alpha value is -1.78. The summed E-state index contributed by atoms with van der Waals surface area (Å²) in [6.07, 6.45) is -0.390. The maximum absolute atomic E-state index is 13.0. The first-order chi connectivity index (χ1) is 9.43. The van der Waals surface area contributed by atoms with E-state index in [9.17, 15) is 18.0 Å². The minimum absolute atomic E-state index is 0.281. The van der Waals surface area contributed by atoms with Crippen LogP contribution in [0.5, 0.6) is 0 Å². The fourth-order valence-electron chi connectivity index (χ4n) is 2.38. The van der Waals surface area contributed by atoms with Gasteiger partial charge in [0.25, 0.3) is 5.91 Å². The zero-order valence-electron chi connectivity index (χ0n) is 11.0. The van der Waals surface area contributed by atoms with Crippen molar-refractivity contribution in [1.82, 2.24) is 4.90 Å². The molecule has 20 heavy (non-hydrogen) atoms. The van der Waals surface area contributed by atoms with Crippen LogP contribution in [0.4, 0.5) is 13.2 Å². The molecule has 1 aliphatic rings. The van der Waals surface area contributed by atoms with Crippen LogP contribution < -0.4 is 0 Å². The lowest BCUT2D eigenvalue weighted by molar-refractivity contribution is -0.138. The van der Waals surface area contributed by atoms with Crippen molar-refractivity contribution in [1.29, 1.82) is 0 Å². The Morgan fingerprint density at radius 1 is 1.20 bits per heavy atom. The lowest BCUT2D eigenvalue weighted by Gasteiger charge is -2.28. The van der Waals surface area contributed by atoms with Crippen LogP contribution in [0, 0.1) is 0 Å². The van der Waals surface area contributed by atoms with E-state index < -0.39 is 17.6 Å². The zero-order chi connectivity index (χ0) is 14.8. The summed E-state index contributed by atoms with van der Waals surface area (Å²) in [5, 5.41) is 0. The van der Waals surface area contributed by atoms with Crippen LogP contribution in [0.3, 0.4) is 0 Å². The molecule has 1 aromatic carbocycles. The third-order valence-electron chi connectivity index (χ3n) is 3.46. The van der Waals surface area contributed by atoms with E-state index in [2.05, 4.69) is 6.58 Å². The van der Waals surface area contributed by atoms with Gasteiger partial charge in [0.15, 0.2) is 0 Å². The Balaban J connectivity index is 2.41. The number of likely N-dealkylation sites (tertiary alicyclic amines) is 1. The number of alkyl halides is 3. The minimum atomic E-state index is -4.53. The monoisotopic (exact) mass is 283 g/mol. The van der Waals surface area contributed by atoms with Gasteiger partial charge < -0.3 is 4.90 Å². The Kier molecular flexibility index (Phi) is 4.16. The lowest BCUT2D eigenvalue weighted by atomic mass is 10.0. The Bertz CT molecular complexity index is 516. The molecule has 0 bridgehead atoms. The fourth-order valence-corrected chi connectivity index (χ4v) is 2.38. The number of benzene rings is 1. The molecule has 1 aliphatic heterocycles. The number of carbonyl (C=O) groups excluding carboxylic acids is 1. The van der Waals surface area contributed by atoms with Gasteiger partial charge in [-0.1, -0.05) is 18.7 Å². The van der Waals surface area contributed by atoms with Gasteiger partial charge in [0.1, 0.15) is 0 Å². The molecule has 0 radical (unpaired) electrons. The van der Waals surface area contributed by atoms with Gasteiger partial charge >= 0.3 is 6.18 Å². The second kappa shape index (κ2) is 5.69. The largest absolute Gasteiger partial charge is 0.417 e. The highest BCUT2D eigenvalue weighted by Crippen LogP contribution is 2.33. The predicted molar refractivity (Wildman–Crippen MR) is 71.3 cm³/mol. The van der Waals surface area contributed by atoms with Crippen LogP contribution in [-0.2, 0) is 6.18 Å². The van der Waals surface area contributed by atoms with Crippen molar-refractivity contribution in [3.8, 4) is 0 Å². The maximum atomic E-state index is 13.0. The van der Waals surface area contributed by atoms with Crippen LogP contribution >= 0.6 is 0 Å². The Morgan fingerprint density at radius 2 is 1.85 bits per heavy atom. The van der Waals surface area contributed by atoms with Gasteiger partial charge in [-0.15, -0.1) is 0 Å². The standard InChI is InChI=1S/C15H16F3NO/c1-2-11-6-7-13(15(16,17)18)12(10-11)14(20)19-8-4-3-5-9-19/h2,6-7,10H,1,3-5,8-9H2. The third kappa shape index (κ3) is 3.03. The first kappa shape index (κ1) is 14.6. The van der Waals surface area contributed by atoms with Gasteiger partial charge in [0.2, 0.25) is 0 Å². The summed E-state index contributed by atoms with van der Waals surface area (Å²) >= 11 is 0. The molecule has 0 atom stereocenters. The topological polar surface area (TPSA) is 20.3 Å². The molecule has 0 saturated carbocycles. The van der Waals surface area contributed by atoms with E-state index in [-0.39, 0.29) is 5.56 Å². The van der Waals surface area contributed by atoms with Gasteiger partial charge in [-0.2, -0.15) is 13.2 Å². The summed E-state index contributed by atoms with van der Waals surface area (Å²) in [4.78, 5) is 13.8. The molecule has 5 heteroatoms. The van der Waals surface area contributed by atoms with E-state index >= 15 is 0 Å². The molecule has 1 fully saturated rings. The van der Waals surface area contributed by atoms with Crippen molar-refractivity contribution in [3.63, 3.8) is 0 Å². The molecule has 1 saturated heterocycles. The van der Waals surface area contributed by atoms with Crippen molar-refractivity contribution in [2.75, 3.05) is 13.1 Å². The van der Waals surface area contributed by atoms with Gasteiger partial charge in [0.05, 0.1) is 11.1 Å². The van der Waals surface area contributed by atoms with Crippen molar-refractivity contribution >= 4 is 12.0 Å². The van der Waals surface area contributed by atoms with Gasteiger partial charge in [-0.25, -0.2) is 0 Å². The fraction of sp³-hybridized carbons (Fsp3) is 0.400. The third-order valence-corrected chi connectivity index (χ3v) is 3.46. The van der Waals surface area contributed by atoms with E-state index in [4.69, 9.17) is 0 Å². The molecule has 2 nitrogen and oxygen atoms in total. The molecule has 108 valence electrons. The summed E-state index contributed by atoms with van der Waals surface area (Å²) in [6, 6.07) is 3.55. The highest BCUT2D eigenvalue weighted by molar-refractivity contribution is 5.96. The van der Waals surface area contributed by atoms with Crippen molar-refractivity contribution in [2.45, 2.75) is 25.4 Å². The molecule has 0 spiro atoms. The number of halogens is 3. The number of hydrogen-bond donors (Lipinski definition) is 0.